The molecule has 0 aliphatic heterocycles. The molecule has 0 unspecified atom stereocenters. The summed E-state index contributed by atoms with van der Waals surface area (Å²) in [6, 6.07) is 9.50. The number of alkyl halides is 3. The molecule has 1 aromatic heterocycles. The molecule has 0 radical (unpaired) electrons. The highest BCUT2D eigenvalue weighted by Gasteiger charge is 2.37. The Morgan fingerprint density at radius 3 is 2.52 bits per heavy atom. The summed E-state index contributed by atoms with van der Waals surface area (Å²) in [7, 11) is 1.33. The zero-order chi connectivity index (χ0) is 18.2. The van der Waals surface area contributed by atoms with Crippen LogP contribution in [-0.4, -0.2) is 22.9 Å². The first kappa shape index (κ1) is 16.7. The van der Waals surface area contributed by atoms with Gasteiger partial charge >= 0.3 is 6.18 Å². The van der Waals surface area contributed by atoms with Crippen molar-refractivity contribution in [2.45, 2.75) is 6.18 Å². The minimum Gasteiger partial charge on any atom is -0.496 e. The van der Waals surface area contributed by atoms with Crippen LogP contribution in [0, 0.1) is 0 Å². The molecule has 128 valence electrons. The Bertz CT molecular complexity index is 1030. The number of aromatic nitrogens is 2. The van der Waals surface area contributed by atoms with E-state index in [-0.39, 0.29) is 27.9 Å². The maximum atomic E-state index is 13.5. The van der Waals surface area contributed by atoms with Gasteiger partial charge in [0.1, 0.15) is 5.75 Å². The number of carbonyl (C=O) groups is 1. The fourth-order valence-electron chi connectivity index (χ4n) is 2.52. The van der Waals surface area contributed by atoms with E-state index in [0.717, 1.165) is 6.07 Å². The van der Waals surface area contributed by atoms with Crippen LogP contribution in [0.2, 0.25) is 0 Å². The number of hydrogen-bond acceptors (Lipinski definition) is 4. The third-order valence-electron chi connectivity index (χ3n) is 3.63. The van der Waals surface area contributed by atoms with Crippen LogP contribution in [0.25, 0.3) is 16.6 Å². The average Bonchev–Trinajstić information content (AvgIpc) is 2.60. The number of methoxy groups -OCH3 is 1. The van der Waals surface area contributed by atoms with Crippen molar-refractivity contribution >= 4 is 17.2 Å². The normalized spacial score (nSPS) is 11.5. The predicted octanol–water partition coefficient (Wildman–Crippen LogP) is 3.23. The Morgan fingerprint density at radius 1 is 1.16 bits per heavy atom. The van der Waals surface area contributed by atoms with Gasteiger partial charge in [-0.25, -0.2) is 4.98 Å². The Hall–Kier alpha value is -3.16. The number of ether oxygens (including phenoxy) is 1. The van der Waals surface area contributed by atoms with Crippen LogP contribution in [0.15, 0.2) is 47.3 Å². The van der Waals surface area contributed by atoms with Gasteiger partial charge in [-0.3, -0.25) is 14.2 Å². The van der Waals surface area contributed by atoms with E-state index in [1.807, 2.05) is 0 Å². The number of aldehydes is 1. The molecule has 3 aromatic rings. The van der Waals surface area contributed by atoms with E-state index in [2.05, 4.69) is 4.98 Å². The van der Waals surface area contributed by atoms with E-state index < -0.39 is 17.6 Å². The highest BCUT2D eigenvalue weighted by atomic mass is 19.4. The van der Waals surface area contributed by atoms with Gasteiger partial charge in [-0.1, -0.05) is 12.1 Å². The third-order valence-corrected chi connectivity index (χ3v) is 3.63. The van der Waals surface area contributed by atoms with Crippen LogP contribution in [0.5, 0.6) is 5.75 Å². The second-order valence-electron chi connectivity index (χ2n) is 5.13. The van der Waals surface area contributed by atoms with Gasteiger partial charge in [0.15, 0.2) is 6.29 Å². The summed E-state index contributed by atoms with van der Waals surface area (Å²) < 4.78 is 45.8. The van der Waals surface area contributed by atoms with Crippen molar-refractivity contribution in [2.24, 2.45) is 0 Å². The molecule has 1 heterocycles. The summed E-state index contributed by atoms with van der Waals surface area (Å²) in [5, 5.41) is 0.0407. The van der Waals surface area contributed by atoms with E-state index in [1.165, 1.54) is 43.5 Å². The molecule has 25 heavy (non-hydrogen) atoms. The van der Waals surface area contributed by atoms with Gasteiger partial charge in [0.05, 0.1) is 29.3 Å². The van der Waals surface area contributed by atoms with E-state index in [4.69, 9.17) is 4.74 Å². The second kappa shape index (κ2) is 6.04. The monoisotopic (exact) mass is 348 g/mol. The number of halogens is 3. The number of benzene rings is 2. The number of carbonyl (C=O) groups excluding carboxylic acids is 1. The molecular formula is C17H11F3N2O3. The molecule has 0 aliphatic carbocycles. The summed E-state index contributed by atoms with van der Waals surface area (Å²) in [5.41, 5.74) is -1.04. The molecule has 0 saturated carbocycles. The number of hydrogen-bond donors (Lipinski definition) is 0. The lowest BCUT2D eigenvalue weighted by molar-refractivity contribution is -0.146. The maximum Gasteiger partial charge on any atom is 0.450 e. The predicted molar refractivity (Wildman–Crippen MR) is 84.3 cm³/mol. The molecule has 0 atom stereocenters. The molecule has 0 N–H and O–H groups in total. The molecule has 5 nitrogen and oxygen atoms in total. The van der Waals surface area contributed by atoms with Gasteiger partial charge in [0.25, 0.3) is 5.56 Å². The number of nitrogens with zero attached hydrogens (tertiary/aromatic N) is 2. The fraction of sp³-hybridized carbons (Fsp3) is 0.118. The minimum atomic E-state index is -4.86. The summed E-state index contributed by atoms with van der Waals surface area (Å²) in [6.45, 7) is 0. The third kappa shape index (κ3) is 2.86. The summed E-state index contributed by atoms with van der Waals surface area (Å²) >= 11 is 0. The Labute approximate surface area is 139 Å². The van der Waals surface area contributed by atoms with Crippen LogP contribution in [0.3, 0.4) is 0 Å². The Morgan fingerprint density at radius 2 is 1.88 bits per heavy atom. The van der Waals surface area contributed by atoms with Gasteiger partial charge in [-0.15, -0.1) is 0 Å². The lowest BCUT2D eigenvalue weighted by Gasteiger charge is -2.16. The van der Waals surface area contributed by atoms with Crippen LogP contribution in [0.4, 0.5) is 13.2 Å². The van der Waals surface area contributed by atoms with Crippen molar-refractivity contribution < 1.29 is 22.7 Å². The first-order valence-electron chi connectivity index (χ1n) is 7.09. The van der Waals surface area contributed by atoms with Crippen molar-refractivity contribution in [1.29, 1.82) is 0 Å². The lowest BCUT2D eigenvalue weighted by Crippen LogP contribution is -2.28. The molecule has 0 aliphatic rings. The van der Waals surface area contributed by atoms with E-state index >= 15 is 0 Å². The van der Waals surface area contributed by atoms with Crippen molar-refractivity contribution in [3.05, 3.63) is 64.2 Å². The number of rotatable bonds is 3. The molecule has 0 fully saturated rings. The first-order valence-corrected chi connectivity index (χ1v) is 7.09. The van der Waals surface area contributed by atoms with Crippen molar-refractivity contribution in [2.75, 3.05) is 7.11 Å². The van der Waals surface area contributed by atoms with Crippen molar-refractivity contribution in [3.8, 4) is 11.4 Å². The lowest BCUT2D eigenvalue weighted by atomic mass is 10.1. The van der Waals surface area contributed by atoms with Crippen LogP contribution < -0.4 is 10.3 Å². The van der Waals surface area contributed by atoms with Gasteiger partial charge in [0.2, 0.25) is 5.82 Å². The second-order valence-corrected chi connectivity index (χ2v) is 5.13. The largest absolute Gasteiger partial charge is 0.496 e. The molecule has 8 heteroatoms. The zero-order valence-electron chi connectivity index (χ0n) is 12.9. The van der Waals surface area contributed by atoms with Gasteiger partial charge in [0, 0.05) is 0 Å². The Kier molecular flexibility index (Phi) is 4.03. The van der Waals surface area contributed by atoms with E-state index in [9.17, 15) is 22.8 Å². The standard InChI is InChI=1S/C17H11F3N2O3/c1-25-14-7-6-11(8-10(14)9-23)22-15(24)12-4-2-3-5-13(12)21-16(22)17(18,19)20/h2-9H,1H3. The van der Waals surface area contributed by atoms with Gasteiger partial charge < -0.3 is 4.74 Å². The van der Waals surface area contributed by atoms with Crippen LogP contribution in [-0.2, 0) is 6.18 Å². The summed E-state index contributed by atoms with van der Waals surface area (Å²) in [6.07, 6.45) is -4.42. The topological polar surface area (TPSA) is 61.2 Å². The summed E-state index contributed by atoms with van der Waals surface area (Å²) in [5.74, 6) is -1.17. The van der Waals surface area contributed by atoms with Crippen molar-refractivity contribution in [3.63, 3.8) is 0 Å². The van der Waals surface area contributed by atoms with Crippen LogP contribution in [0.1, 0.15) is 16.2 Å². The minimum absolute atomic E-state index is 0.0215. The fourth-order valence-corrected chi connectivity index (χ4v) is 2.52. The molecule has 3 rings (SSSR count). The molecule has 0 amide bonds. The average molecular weight is 348 g/mol. The van der Waals surface area contributed by atoms with E-state index in [1.54, 1.807) is 0 Å². The zero-order valence-corrected chi connectivity index (χ0v) is 12.9. The van der Waals surface area contributed by atoms with Gasteiger partial charge in [-0.05, 0) is 30.3 Å². The van der Waals surface area contributed by atoms with Crippen LogP contribution >= 0.6 is 0 Å². The molecule has 0 spiro atoms. The summed E-state index contributed by atoms with van der Waals surface area (Å²) in [4.78, 5) is 27.4. The van der Waals surface area contributed by atoms with Crippen molar-refractivity contribution in [1.82, 2.24) is 9.55 Å². The number of para-hydroxylation sites is 1. The quantitative estimate of drug-likeness (QED) is 0.682. The maximum absolute atomic E-state index is 13.5. The molecule has 0 saturated heterocycles. The Balaban J connectivity index is 2.40. The molecule has 2 aromatic carbocycles. The smallest absolute Gasteiger partial charge is 0.450 e. The number of fused-ring (bicyclic) bond motifs is 1. The molecule has 0 bridgehead atoms. The van der Waals surface area contributed by atoms with Gasteiger partial charge in [-0.2, -0.15) is 13.2 Å². The highest BCUT2D eigenvalue weighted by molar-refractivity contribution is 5.81. The molecular weight excluding hydrogens is 337 g/mol. The first-order chi connectivity index (χ1) is 11.9. The highest BCUT2D eigenvalue weighted by Crippen LogP contribution is 2.30. The SMILES string of the molecule is COc1ccc(-n2c(C(F)(F)F)nc3ccccc3c2=O)cc1C=O. The van der Waals surface area contributed by atoms with E-state index in [0.29, 0.717) is 10.9 Å².